The zero-order valence-electron chi connectivity index (χ0n) is 3.68. The van der Waals surface area contributed by atoms with Gasteiger partial charge in [-0.2, -0.15) is 0 Å². The molecule has 0 aliphatic rings. The summed E-state index contributed by atoms with van der Waals surface area (Å²) in [6.07, 6.45) is 1.46. The fourth-order valence-corrected chi connectivity index (χ4v) is 0.184. The first-order valence-corrected chi connectivity index (χ1v) is 2.46. The summed E-state index contributed by atoms with van der Waals surface area (Å²) in [5.74, 6) is 0. The van der Waals surface area contributed by atoms with Crippen molar-refractivity contribution in [3.63, 3.8) is 0 Å². The van der Waals surface area contributed by atoms with Gasteiger partial charge >= 0.3 is 0 Å². The second-order valence-electron chi connectivity index (χ2n) is 0.933. The monoisotopic (exact) mass is 134 g/mol. The van der Waals surface area contributed by atoms with Crippen LogP contribution in [-0.2, 0) is 12.8 Å². The second kappa shape index (κ2) is 3.01. The highest BCUT2D eigenvalue weighted by Gasteiger charge is 1.86. The first kappa shape index (κ1) is 6.94. The Hall–Kier alpha value is -0.0600. The Labute approximate surface area is 53.5 Å². The molecule has 0 saturated carbocycles. The van der Waals surface area contributed by atoms with E-state index < -0.39 is 0 Å². The largest absolute Gasteiger partial charge is 0.482 e. The van der Waals surface area contributed by atoms with Gasteiger partial charge in [0.05, 0.1) is 6.20 Å². The minimum Gasteiger partial charge on any atom is -0.482 e. The van der Waals surface area contributed by atoms with Crippen LogP contribution >= 0.6 is 12.2 Å². The van der Waals surface area contributed by atoms with Crippen molar-refractivity contribution in [3.05, 3.63) is 12.8 Å². The number of nitrogens with two attached hydrogens (primary N) is 1. The lowest BCUT2D eigenvalue weighted by Gasteiger charge is -2.12. The summed E-state index contributed by atoms with van der Waals surface area (Å²) in [4.78, 5) is 0. The molecular formula is C3H6N2S2. The molecule has 0 aromatic carbocycles. The number of nitrogens with one attached hydrogen (secondary N) is 1. The Bertz CT molecular complexity index is 90.9. The lowest BCUT2D eigenvalue weighted by atomic mass is 10.9. The van der Waals surface area contributed by atoms with E-state index in [0.717, 1.165) is 0 Å². The molecule has 0 bridgehead atoms. The minimum absolute atomic E-state index is 0.241. The van der Waals surface area contributed by atoms with E-state index in [1.54, 1.807) is 0 Å². The molecule has 40 valence electrons. The van der Waals surface area contributed by atoms with Crippen molar-refractivity contribution in [2.45, 2.75) is 0 Å². The standard InChI is InChI=1S/C3H6N2S2/c1-2-5(7)3(4)6/h2,5H,1H2,(H2,4,6). The maximum atomic E-state index is 5.07. The molecule has 0 heterocycles. The molecule has 0 amide bonds. The lowest BCUT2D eigenvalue weighted by molar-refractivity contribution is -0.572. The van der Waals surface area contributed by atoms with Crippen molar-refractivity contribution >= 4 is 30.1 Å². The summed E-state index contributed by atoms with van der Waals surface area (Å²) in [6, 6.07) is 0. The Morgan fingerprint density at radius 1 is 2.00 bits per heavy atom. The highest BCUT2D eigenvalue weighted by molar-refractivity contribution is 7.80. The van der Waals surface area contributed by atoms with Crippen LogP contribution in [0.4, 0.5) is 0 Å². The van der Waals surface area contributed by atoms with Crippen LogP contribution in [0.1, 0.15) is 0 Å². The first-order valence-electron chi connectivity index (χ1n) is 1.64. The molecule has 3 N–H and O–H groups in total. The van der Waals surface area contributed by atoms with Crippen molar-refractivity contribution in [2.24, 2.45) is 5.73 Å². The van der Waals surface area contributed by atoms with Crippen molar-refractivity contribution in [1.82, 2.24) is 0 Å². The maximum Gasteiger partial charge on any atom is 0.252 e. The van der Waals surface area contributed by atoms with Gasteiger partial charge in [0.1, 0.15) is 0 Å². The summed E-state index contributed by atoms with van der Waals surface area (Å²) in [6.45, 7) is 3.37. The van der Waals surface area contributed by atoms with E-state index in [9.17, 15) is 0 Å². The van der Waals surface area contributed by atoms with E-state index in [1.807, 2.05) is 0 Å². The van der Waals surface area contributed by atoms with Crippen LogP contribution in [0.3, 0.4) is 0 Å². The van der Waals surface area contributed by atoms with Crippen molar-refractivity contribution in [3.8, 4) is 0 Å². The SMILES string of the molecule is C=C[NH+]([S-])C(N)=S. The maximum absolute atomic E-state index is 5.07. The third-order valence-electron chi connectivity index (χ3n) is 0.428. The Kier molecular flexibility index (Phi) is 2.98. The average molecular weight is 134 g/mol. The molecule has 0 aromatic heterocycles. The van der Waals surface area contributed by atoms with Crippen LogP contribution in [-0.4, -0.2) is 5.11 Å². The molecule has 1 unspecified atom stereocenters. The summed E-state index contributed by atoms with van der Waals surface area (Å²) < 4.78 is 0.454. The van der Waals surface area contributed by atoms with Gasteiger partial charge in [-0.05, 0) is 6.58 Å². The number of hydrogen-bond donors (Lipinski definition) is 2. The molecule has 1 atom stereocenters. The molecule has 0 aliphatic heterocycles. The van der Waals surface area contributed by atoms with Gasteiger partial charge in [-0.15, -0.1) is 0 Å². The summed E-state index contributed by atoms with van der Waals surface area (Å²) in [7, 11) is 0. The summed E-state index contributed by atoms with van der Waals surface area (Å²) in [5, 5.41) is 0.241. The topological polar surface area (TPSA) is 30.5 Å². The quantitative estimate of drug-likeness (QED) is 0.346. The van der Waals surface area contributed by atoms with Gasteiger partial charge in [0.15, 0.2) is 0 Å². The van der Waals surface area contributed by atoms with Crippen molar-refractivity contribution in [2.75, 3.05) is 0 Å². The first-order chi connectivity index (χ1) is 3.18. The van der Waals surface area contributed by atoms with Crippen molar-refractivity contribution in [1.29, 1.82) is 0 Å². The molecule has 2 nitrogen and oxygen atoms in total. The molecule has 0 spiro atoms. The number of quaternary nitrogens is 1. The zero-order valence-corrected chi connectivity index (χ0v) is 5.31. The van der Waals surface area contributed by atoms with Gasteiger partial charge < -0.3 is 22.9 Å². The van der Waals surface area contributed by atoms with Crippen LogP contribution in [0.2, 0.25) is 0 Å². The normalized spacial score (nSPS) is 12.7. The lowest BCUT2D eigenvalue weighted by Crippen LogP contribution is -3.06. The van der Waals surface area contributed by atoms with Crippen LogP contribution in [0.25, 0.3) is 0 Å². The predicted molar refractivity (Wildman–Crippen MR) is 35.3 cm³/mol. The van der Waals surface area contributed by atoms with Crippen LogP contribution in [0.5, 0.6) is 0 Å². The predicted octanol–water partition coefficient (Wildman–Crippen LogP) is -1.28. The highest BCUT2D eigenvalue weighted by atomic mass is 32.1. The highest BCUT2D eigenvalue weighted by Crippen LogP contribution is 1.43. The molecule has 0 aliphatic carbocycles. The summed E-state index contributed by atoms with van der Waals surface area (Å²) in [5.41, 5.74) is 5.07. The van der Waals surface area contributed by atoms with Crippen molar-refractivity contribution < 1.29 is 4.31 Å². The molecule has 4 heteroatoms. The van der Waals surface area contributed by atoms with Crippen LogP contribution in [0, 0.1) is 0 Å². The Balaban J connectivity index is 3.55. The molecule has 0 saturated heterocycles. The molecule has 0 aromatic rings. The zero-order chi connectivity index (χ0) is 5.86. The van der Waals surface area contributed by atoms with Gasteiger partial charge in [0.2, 0.25) is 0 Å². The molecule has 0 fully saturated rings. The average Bonchev–Trinajstić information content (AvgIpc) is 1.65. The van der Waals surface area contributed by atoms with Crippen LogP contribution < -0.4 is 10.0 Å². The Morgan fingerprint density at radius 2 is 2.43 bits per heavy atom. The van der Waals surface area contributed by atoms with E-state index in [-0.39, 0.29) is 5.11 Å². The van der Waals surface area contributed by atoms with Gasteiger partial charge in [0, 0.05) is 12.2 Å². The molecule has 0 radical (unpaired) electrons. The van der Waals surface area contributed by atoms with Gasteiger partial charge in [-0.25, -0.2) is 0 Å². The fraction of sp³-hybridized carbons (Fsp3) is 0. The second-order valence-corrected chi connectivity index (χ2v) is 1.81. The van der Waals surface area contributed by atoms with E-state index in [1.165, 1.54) is 6.20 Å². The van der Waals surface area contributed by atoms with Crippen LogP contribution in [0.15, 0.2) is 12.8 Å². The number of rotatable bonds is 1. The molecule has 7 heavy (non-hydrogen) atoms. The van der Waals surface area contributed by atoms with E-state index >= 15 is 0 Å². The van der Waals surface area contributed by atoms with Gasteiger partial charge in [0.25, 0.3) is 5.11 Å². The smallest absolute Gasteiger partial charge is 0.252 e. The van der Waals surface area contributed by atoms with E-state index in [4.69, 9.17) is 5.73 Å². The molecule has 0 rings (SSSR count). The van der Waals surface area contributed by atoms with Gasteiger partial charge in [-0.3, -0.25) is 0 Å². The fourth-order valence-electron chi connectivity index (χ4n) is 0.101. The summed E-state index contributed by atoms with van der Waals surface area (Å²) >= 11 is 9.08. The molecular weight excluding hydrogens is 128 g/mol. The van der Waals surface area contributed by atoms with Gasteiger partial charge in [-0.1, -0.05) is 0 Å². The third kappa shape index (κ3) is 2.61. The number of thiocarbonyl (C=S) groups is 1. The third-order valence-corrected chi connectivity index (χ3v) is 1.16. The number of hydrogen-bond acceptors (Lipinski definition) is 2. The van der Waals surface area contributed by atoms with E-state index in [0.29, 0.717) is 4.31 Å². The Morgan fingerprint density at radius 3 is 2.43 bits per heavy atom. The minimum atomic E-state index is 0.241. The van der Waals surface area contributed by atoms with E-state index in [2.05, 4.69) is 31.6 Å².